The summed E-state index contributed by atoms with van der Waals surface area (Å²) in [5, 5.41) is 20.3. The third-order valence-electron chi connectivity index (χ3n) is 4.60. The molecule has 3 heterocycles. The quantitative estimate of drug-likeness (QED) is 0.284. The molecule has 150 valence electrons. The lowest BCUT2D eigenvalue weighted by molar-refractivity contribution is -0.112. The van der Waals surface area contributed by atoms with Crippen LogP contribution in [0.15, 0.2) is 12.7 Å². The fraction of sp³-hybridized carbons (Fsp3) is 0.600. The topological polar surface area (TPSA) is 162 Å². The van der Waals surface area contributed by atoms with Crippen LogP contribution in [0.1, 0.15) is 12.6 Å². The zero-order chi connectivity index (χ0) is 19.7. The molecule has 0 radical (unpaired) electrons. The summed E-state index contributed by atoms with van der Waals surface area (Å²) in [5.41, 5.74) is 12.3. The van der Waals surface area contributed by atoms with E-state index >= 15 is 0 Å². The molecule has 27 heavy (non-hydrogen) atoms. The molecule has 12 heteroatoms. The second-order valence-electron chi connectivity index (χ2n) is 6.59. The molecule has 0 bridgehead atoms. The predicted octanol–water partition coefficient (Wildman–Crippen LogP) is -0.858. The summed E-state index contributed by atoms with van der Waals surface area (Å²) < 4.78 is 7.46. The molecule has 0 aliphatic carbocycles. The van der Waals surface area contributed by atoms with Crippen molar-refractivity contribution in [2.24, 2.45) is 5.73 Å². The number of imidazole rings is 1. The van der Waals surface area contributed by atoms with Crippen molar-refractivity contribution in [3.63, 3.8) is 0 Å². The van der Waals surface area contributed by atoms with Crippen LogP contribution in [-0.4, -0.2) is 77.1 Å². The summed E-state index contributed by atoms with van der Waals surface area (Å²) >= 11 is 5.38. The number of ether oxygens (including phenoxy) is 1. The van der Waals surface area contributed by atoms with E-state index in [0.29, 0.717) is 29.1 Å². The van der Waals surface area contributed by atoms with E-state index in [4.69, 9.17) is 27.8 Å². The fourth-order valence-electron chi connectivity index (χ4n) is 3.04. The van der Waals surface area contributed by atoms with Crippen LogP contribution in [0.5, 0.6) is 0 Å². The lowest BCUT2D eigenvalue weighted by Gasteiger charge is -2.23. The van der Waals surface area contributed by atoms with Gasteiger partial charge in [0.25, 0.3) is 0 Å². The number of nitrogens with two attached hydrogens (primary N) is 2. The third-order valence-corrected chi connectivity index (χ3v) is 6.89. The van der Waals surface area contributed by atoms with Crippen molar-refractivity contribution < 1.29 is 19.7 Å². The summed E-state index contributed by atoms with van der Waals surface area (Å²) in [4.78, 5) is 23.2. The molecule has 2 aromatic rings. The summed E-state index contributed by atoms with van der Waals surface area (Å²) in [5.74, 6) is 1.49. The largest absolute Gasteiger partial charge is 0.387 e. The first-order chi connectivity index (χ1) is 12.8. The average Bonchev–Trinajstić information content (AvgIpc) is 3.17. The third kappa shape index (κ3) is 4.18. The first-order valence-electron chi connectivity index (χ1n) is 8.37. The first kappa shape index (κ1) is 20.2. The molecule has 2 aromatic heterocycles. The molecule has 0 saturated carbocycles. The van der Waals surface area contributed by atoms with Crippen LogP contribution in [0.3, 0.4) is 0 Å². The zero-order valence-corrected chi connectivity index (χ0v) is 16.3. The Balaban J connectivity index is 1.68. The molecule has 3 rings (SSSR count). The second-order valence-corrected chi connectivity index (χ2v) is 9.49. The van der Waals surface area contributed by atoms with Crippen molar-refractivity contribution in [3.05, 3.63) is 12.7 Å². The van der Waals surface area contributed by atoms with Crippen molar-refractivity contribution in [3.8, 4) is 0 Å². The van der Waals surface area contributed by atoms with Crippen molar-refractivity contribution in [2.45, 2.75) is 37.0 Å². The molecular weight excluding hydrogens is 396 g/mol. The monoisotopic (exact) mass is 418 g/mol. The van der Waals surface area contributed by atoms with Gasteiger partial charge < -0.3 is 26.4 Å². The van der Waals surface area contributed by atoms with E-state index < -0.39 is 46.7 Å². The number of hydrogen-bond acceptors (Lipinski definition) is 9. The highest BCUT2D eigenvalue weighted by molar-refractivity contribution is 8.16. The Kier molecular flexibility index (Phi) is 6.18. The SMILES string of the molecule is C[SH](CC[C@H](N)C(=O)Cl)C[C@H]1O[C@@H](n2cnc3c(N)ncnc32)[C@H](O)[C@@H]1O. The number of thiol groups is 1. The number of aliphatic hydroxyl groups excluding tert-OH is 2. The first-order valence-corrected chi connectivity index (χ1v) is 10.9. The van der Waals surface area contributed by atoms with Gasteiger partial charge in [0.05, 0.1) is 18.5 Å². The standard InChI is InChI=1S/C15H23ClN6O4S/c1-27(3-2-7(17)12(16)25)4-8-10(23)11(24)15(26-8)22-6-21-9-13(18)19-5-20-14(9)22/h5-8,10-11,15,23-24,27H,2-4,17H2,1H3,(H2,18,19,20)/t7-,8+,10+,11+,15+/m0/s1. The highest BCUT2D eigenvalue weighted by atomic mass is 35.5. The zero-order valence-electron chi connectivity index (χ0n) is 14.6. The summed E-state index contributed by atoms with van der Waals surface area (Å²) in [6.45, 7) is 0. The lowest BCUT2D eigenvalue weighted by Crippen LogP contribution is -2.33. The van der Waals surface area contributed by atoms with E-state index in [9.17, 15) is 15.0 Å². The molecular formula is C15H23ClN6O4S. The van der Waals surface area contributed by atoms with Gasteiger partial charge in [-0.05, 0) is 30.0 Å². The lowest BCUT2D eigenvalue weighted by atomic mass is 10.1. The van der Waals surface area contributed by atoms with Gasteiger partial charge >= 0.3 is 0 Å². The second kappa shape index (κ2) is 8.25. The maximum absolute atomic E-state index is 11.0. The smallest absolute Gasteiger partial charge is 0.238 e. The molecule has 6 atom stereocenters. The molecule has 1 aliphatic rings. The molecule has 10 nitrogen and oxygen atoms in total. The van der Waals surface area contributed by atoms with E-state index in [2.05, 4.69) is 15.0 Å². The normalized spacial score (nSPS) is 28.4. The Morgan fingerprint density at radius 1 is 1.41 bits per heavy atom. The van der Waals surface area contributed by atoms with Crippen LogP contribution in [0.25, 0.3) is 11.2 Å². The van der Waals surface area contributed by atoms with Crippen molar-refractivity contribution in [1.82, 2.24) is 19.5 Å². The molecule has 1 unspecified atom stereocenters. The van der Waals surface area contributed by atoms with Crippen LogP contribution < -0.4 is 11.5 Å². The Bertz CT molecular complexity index is 823. The molecule has 1 aliphatic heterocycles. The highest BCUT2D eigenvalue weighted by Crippen LogP contribution is 2.36. The van der Waals surface area contributed by atoms with Gasteiger partial charge in [-0.15, -0.1) is 0 Å². The molecule has 1 fully saturated rings. The van der Waals surface area contributed by atoms with Crippen LogP contribution in [0.4, 0.5) is 5.82 Å². The van der Waals surface area contributed by atoms with Crippen molar-refractivity contribution in [1.29, 1.82) is 0 Å². The minimum Gasteiger partial charge on any atom is -0.387 e. The Labute approximate surface area is 163 Å². The number of anilines is 1. The van der Waals surface area contributed by atoms with E-state index in [1.165, 1.54) is 12.7 Å². The number of hydrogen-bond donors (Lipinski definition) is 5. The van der Waals surface area contributed by atoms with Crippen LogP contribution in [-0.2, 0) is 9.53 Å². The van der Waals surface area contributed by atoms with Gasteiger partial charge in [0, 0.05) is 5.75 Å². The number of nitrogens with zero attached hydrogens (tertiary/aromatic N) is 4. The molecule has 0 amide bonds. The minimum atomic E-state index is -1.14. The number of aromatic nitrogens is 4. The van der Waals surface area contributed by atoms with E-state index in [1.54, 1.807) is 4.57 Å². The average molecular weight is 419 g/mol. The number of aliphatic hydroxyl groups is 2. The van der Waals surface area contributed by atoms with Gasteiger partial charge in [-0.2, -0.15) is 0 Å². The fourth-order valence-corrected chi connectivity index (χ4v) is 4.96. The van der Waals surface area contributed by atoms with Crippen LogP contribution in [0.2, 0.25) is 0 Å². The van der Waals surface area contributed by atoms with Crippen LogP contribution >= 0.6 is 22.5 Å². The Morgan fingerprint density at radius 3 is 2.85 bits per heavy atom. The summed E-state index contributed by atoms with van der Waals surface area (Å²) in [6, 6.07) is -0.688. The van der Waals surface area contributed by atoms with E-state index in [1.807, 2.05) is 6.26 Å². The molecule has 0 spiro atoms. The van der Waals surface area contributed by atoms with Gasteiger partial charge in [0.15, 0.2) is 17.7 Å². The van der Waals surface area contributed by atoms with Crippen molar-refractivity contribution in [2.75, 3.05) is 23.5 Å². The minimum absolute atomic E-state index is 0.227. The molecule has 6 N–H and O–H groups in total. The number of carbonyl (C=O) groups is 1. The number of carbonyl (C=O) groups excluding carboxylic acids is 1. The van der Waals surface area contributed by atoms with Crippen LogP contribution in [0, 0.1) is 0 Å². The van der Waals surface area contributed by atoms with E-state index in [0.717, 1.165) is 0 Å². The van der Waals surface area contributed by atoms with Crippen molar-refractivity contribution >= 4 is 44.7 Å². The highest BCUT2D eigenvalue weighted by Gasteiger charge is 2.44. The maximum atomic E-state index is 11.0. The number of fused-ring (bicyclic) bond motifs is 1. The summed E-state index contributed by atoms with van der Waals surface area (Å²) in [6.07, 6.45) is 1.67. The molecule has 1 saturated heterocycles. The van der Waals surface area contributed by atoms with E-state index in [-0.39, 0.29) is 5.82 Å². The number of rotatable bonds is 7. The number of halogens is 1. The van der Waals surface area contributed by atoms with Gasteiger partial charge in [-0.25, -0.2) is 15.0 Å². The summed E-state index contributed by atoms with van der Waals surface area (Å²) in [7, 11) is -0.568. The molecule has 0 aromatic carbocycles. The maximum Gasteiger partial charge on any atom is 0.238 e. The Hall–Kier alpha value is -1.50. The van der Waals surface area contributed by atoms with Gasteiger partial charge in [0.2, 0.25) is 5.24 Å². The Morgan fingerprint density at radius 2 is 2.15 bits per heavy atom. The van der Waals surface area contributed by atoms with Gasteiger partial charge in [0.1, 0.15) is 24.1 Å². The van der Waals surface area contributed by atoms with Gasteiger partial charge in [-0.3, -0.25) is 20.3 Å². The number of nitrogen functional groups attached to an aromatic ring is 1. The predicted molar refractivity (Wildman–Crippen MR) is 104 cm³/mol. The van der Waals surface area contributed by atoms with Gasteiger partial charge in [-0.1, -0.05) is 0 Å².